The molecule has 1 N–H and O–H groups in total. The summed E-state index contributed by atoms with van der Waals surface area (Å²) in [7, 11) is 0. The molecule has 0 bridgehead atoms. The summed E-state index contributed by atoms with van der Waals surface area (Å²) in [5.74, 6) is -1.62. The molecule has 2 heterocycles. The van der Waals surface area contributed by atoms with Crippen molar-refractivity contribution in [1.29, 1.82) is 0 Å². The van der Waals surface area contributed by atoms with E-state index in [9.17, 15) is 13.6 Å². The third-order valence-electron chi connectivity index (χ3n) is 4.19. The first-order valence-corrected chi connectivity index (χ1v) is 7.97. The molecule has 3 rings (SSSR count). The average molecular weight is 368 g/mol. The highest BCUT2D eigenvalue weighted by Crippen LogP contribution is 2.18. The molecule has 0 saturated carbocycles. The Morgan fingerprint density at radius 1 is 1.32 bits per heavy atom. The summed E-state index contributed by atoms with van der Waals surface area (Å²) < 4.78 is 27.1. The predicted octanol–water partition coefficient (Wildman–Crippen LogP) is 3.03. The number of amides is 1. The number of nitrogens with zero attached hydrogens (tertiary/aromatic N) is 2. The Morgan fingerprint density at radius 3 is 2.80 bits per heavy atom. The van der Waals surface area contributed by atoms with Crippen molar-refractivity contribution in [3.8, 4) is 0 Å². The summed E-state index contributed by atoms with van der Waals surface area (Å²) in [6, 6.07) is 6.73. The minimum absolute atomic E-state index is 0. The highest BCUT2D eigenvalue weighted by molar-refractivity contribution is 5.94. The molecule has 7 heteroatoms. The SMILES string of the molecule is Cl.O=C(c1ccc(F)cc1F)N(Cc1cccnc1)CC1CCNC1. The van der Waals surface area contributed by atoms with Gasteiger partial charge in [0.1, 0.15) is 11.6 Å². The monoisotopic (exact) mass is 367 g/mol. The fourth-order valence-corrected chi connectivity index (χ4v) is 2.95. The van der Waals surface area contributed by atoms with Crippen LogP contribution in [0.1, 0.15) is 22.3 Å². The summed E-state index contributed by atoms with van der Waals surface area (Å²) in [6.45, 7) is 2.63. The highest BCUT2D eigenvalue weighted by Gasteiger charge is 2.24. The quantitative estimate of drug-likeness (QED) is 0.883. The number of hydrogen-bond acceptors (Lipinski definition) is 3. The number of hydrogen-bond donors (Lipinski definition) is 1. The largest absolute Gasteiger partial charge is 0.334 e. The zero-order chi connectivity index (χ0) is 16.9. The van der Waals surface area contributed by atoms with Crippen LogP contribution in [0.2, 0.25) is 0 Å². The summed E-state index contributed by atoms with van der Waals surface area (Å²) in [5.41, 5.74) is 0.769. The van der Waals surface area contributed by atoms with Crippen LogP contribution in [0.15, 0.2) is 42.7 Å². The molecule has 1 aliphatic heterocycles. The number of benzene rings is 1. The Balaban J connectivity index is 0.00000225. The topological polar surface area (TPSA) is 45.2 Å². The molecule has 1 aromatic carbocycles. The van der Waals surface area contributed by atoms with Crippen molar-refractivity contribution in [1.82, 2.24) is 15.2 Å². The number of pyridine rings is 1. The zero-order valence-electron chi connectivity index (χ0n) is 13.6. The van der Waals surface area contributed by atoms with Gasteiger partial charge in [-0.25, -0.2) is 8.78 Å². The Morgan fingerprint density at radius 2 is 2.16 bits per heavy atom. The van der Waals surface area contributed by atoms with Gasteiger partial charge in [0.25, 0.3) is 5.91 Å². The lowest BCUT2D eigenvalue weighted by atomic mass is 10.1. The second-order valence-electron chi connectivity index (χ2n) is 6.03. The highest BCUT2D eigenvalue weighted by atomic mass is 35.5. The second kappa shape index (κ2) is 8.87. The predicted molar refractivity (Wildman–Crippen MR) is 93.6 cm³/mol. The fraction of sp³-hybridized carbons (Fsp3) is 0.333. The Kier molecular flexibility index (Phi) is 6.84. The van der Waals surface area contributed by atoms with Crippen molar-refractivity contribution in [2.24, 2.45) is 5.92 Å². The molecule has 134 valence electrons. The number of rotatable bonds is 5. The molecule has 1 atom stereocenters. The molecular weight excluding hydrogens is 348 g/mol. The lowest BCUT2D eigenvalue weighted by Gasteiger charge is -2.26. The van der Waals surface area contributed by atoms with Gasteiger partial charge in [-0.05, 0) is 49.2 Å². The van der Waals surface area contributed by atoms with E-state index in [1.165, 1.54) is 6.07 Å². The van der Waals surface area contributed by atoms with Crippen LogP contribution in [0.25, 0.3) is 0 Å². The maximum absolute atomic E-state index is 14.0. The van der Waals surface area contributed by atoms with E-state index in [1.54, 1.807) is 23.4 Å². The summed E-state index contributed by atoms with van der Waals surface area (Å²) in [5, 5.41) is 3.27. The van der Waals surface area contributed by atoms with Crippen LogP contribution in [0.3, 0.4) is 0 Å². The normalized spacial score (nSPS) is 16.3. The summed E-state index contributed by atoms with van der Waals surface area (Å²) in [6.07, 6.45) is 4.33. The third kappa shape index (κ3) is 4.96. The van der Waals surface area contributed by atoms with E-state index in [1.807, 2.05) is 6.07 Å². The van der Waals surface area contributed by atoms with Gasteiger partial charge >= 0.3 is 0 Å². The first-order valence-electron chi connectivity index (χ1n) is 7.97. The van der Waals surface area contributed by atoms with E-state index in [0.29, 0.717) is 19.0 Å². The van der Waals surface area contributed by atoms with E-state index in [2.05, 4.69) is 10.3 Å². The fourth-order valence-electron chi connectivity index (χ4n) is 2.95. The van der Waals surface area contributed by atoms with Crippen molar-refractivity contribution in [3.63, 3.8) is 0 Å². The molecule has 0 aliphatic carbocycles. The Labute approximate surface area is 151 Å². The second-order valence-corrected chi connectivity index (χ2v) is 6.03. The average Bonchev–Trinajstić information content (AvgIpc) is 3.08. The van der Waals surface area contributed by atoms with Gasteiger partial charge in [0, 0.05) is 31.5 Å². The molecule has 1 aliphatic rings. The van der Waals surface area contributed by atoms with Gasteiger partial charge < -0.3 is 10.2 Å². The molecule has 1 aromatic heterocycles. The lowest BCUT2D eigenvalue weighted by Crippen LogP contribution is -2.36. The van der Waals surface area contributed by atoms with Gasteiger partial charge in [0.15, 0.2) is 0 Å². The van der Waals surface area contributed by atoms with Gasteiger partial charge in [0.05, 0.1) is 5.56 Å². The van der Waals surface area contributed by atoms with Crippen LogP contribution in [-0.2, 0) is 6.54 Å². The number of carbonyl (C=O) groups excluding carboxylic acids is 1. The molecule has 1 amide bonds. The van der Waals surface area contributed by atoms with Crippen molar-refractivity contribution in [2.75, 3.05) is 19.6 Å². The van der Waals surface area contributed by atoms with Crippen molar-refractivity contribution < 1.29 is 13.6 Å². The molecule has 2 aromatic rings. The molecular formula is C18H20ClF2N3O. The third-order valence-corrected chi connectivity index (χ3v) is 4.19. The number of halogens is 3. The van der Waals surface area contributed by atoms with E-state index < -0.39 is 17.5 Å². The standard InChI is InChI=1S/C18H19F2N3O.ClH/c19-15-3-4-16(17(20)8-15)18(24)23(12-14-5-7-22-10-14)11-13-2-1-6-21-9-13;/h1-4,6,8-9,14,22H,5,7,10-12H2;1H. The first-order chi connectivity index (χ1) is 11.6. The molecule has 0 radical (unpaired) electrons. The van der Waals surface area contributed by atoms with Crippen LogP contribution in [0, 0.1) is 17.6 Å². The van der Waals surface area contributed by atoms with Crippen LogP contribution >= 0.6 is 12.4 Å². The molecule has 1 fully saturated rings. The summed E-state index contributed by atoms with van der Waals surface area (Å²) in [4.78, 5) is 18.5. The maximum Gasteiger partial charge on any atom is 0.257 e. The van der Waals surface area contributed by atoms with Crippen LogP contribution < -0.4 is 5.32 Å². The van der Waals surface area contributed by atoms with Gasteiger partial charge in [-0.3, -0.25) is 9.78 Å². The molecule has 4 nitrogen and oxygen atoms in total. The first kappa shape index (κ1) is 19.3. The molecule has 25 heavy (non-hydrogen) atoms. The lowest BCUT2D eigenvalue weighted by molar-refractivity contribution is 0.0713. The van der Waals surface area contributed by atoms with Gasteiger partial charge in [-0.15, -0.1) is 12.4 Å². The smallest absolute Gasteiger partial charge is 0.257 e. The van der Waals surface area contributed by atoms with Crippen LogP contribution in [0.5, 0.6) is 0 Å². The van der Waals surface area contributed by atoms with Gasteiger partial charge in [-0.2, -0.15) is 0 Å². The van der Waals surface area contributed by atoms with Gasteiger partial charge in [-0.1, -0.05) is 6.07 Å². The van der Waals surface area contributed by atoms with Crippen LogP contribution in [0.4, 0.5) is 8.78 Å². The number of nitrogens with one attached hydrogen (secondary N) is 1. The molecule has 1 saturated heterocycles. The number of aromatic nitrogens is 1. The van der Waals surface area contributed by atoms with E-state index in [4.69, 9.17) is 0 Å². The molecule has 0 spiro atoms. The van der Waals surface area contributed by atoms with E-state index >= 15 is 0 Å². The van der Waals surface area contributed by atoms with E-state index in [0.717, 1.165) is 37.2 Å². The minimum atomic E-state index is -0.833. The summed E-state index contributed by atoms with van der Waals surface area (Å²) >= 11 is 0. The van der Waals surface area contributed by atoms with Gasteiger partial charge in [0.2, 0.25) is 0 Å². The van der Waals surface area contributed by atoms with Crippen molar-refractivity contribution >= 4 is 18.3 Å². The van der Waals surface area contributed by atoms with Crippen molar-refractivity contribution in [3.05, 3.63) is 65.5 Å². The Bertz CT molecular complexity index is 709. The Hall–Kier alpha value is -2.05. The van der Waals surface area contributed by atoms with Crippen LogP contribution in [-0.4, -0.2) is 35.4 Å². The maximum atomic E-state index is 14.0. The number of carbonyl (C=O) groups is 1. The zero-order valence-corrected chi connectivity index (χ0v) is 14.4. The molecule has 1 unspecified atom stereocenters. The minimum Gasteiger partial charge on any atom is -0.334 e. The van der Waals surface area contributed by atoms with E-state index in [-0.39, 0.29) is 18.0 Å². The van der Waals surface area contributed by atoms with Crippen molar-refractivity contribution in [2.45, 2.75) is 13.0 Å².